The molecule has 0 radical (unpaired) electrons. The molecule has 0 saturated heterocycles. The van der Waals surface area contributed by atoms with Gasteiger partial charge in [-0.2, -0.15) is 0 Å². The summed E-state index contributed by atoms with van der Waals surface area (Å²) < 4.78 is 2.08. The van der Waals surface area contributed by atoms with Gasteiger partial charge in [-0.05, 0) is 50.5 Å². The smallest absolute Gasteiger partial charge is 0.321 e. The summed E-state index contributed by atoms with van der Waals surface area (Å²) >= 11 is 0. The molecule has 150 valence electrons. The number of amides is 3. The van der Waals surface area contributed by atoms with Gasteiger partial charge in [0, 0.05) is 37.3 Å². The predicted octanol–water partition coefficient (Wildman–Crippen LogP) is 2.72. The number of hydrogen-bond donors (Lipinski definition) is 2. The normalized spacial score (nSPS) is 13.7. The first-order valence-electron chi connectivity index (χ1n) is 9.73. The van der Waals surface area contributed by atoms with Gasteiger partial charge in [-0.25, -0.2) is 4.79 Å². The van der Waals surface area contributed by atoms with E-state index in [9.17, 15) is 9.59 Å². The lowest BCUT2D eigenvalue weighted by molar-refractivity contribution is 0.0939. The van der Waals surface area contributed by atoms with Gasteiger partial charge in [0.05, 0.1) is 6.54 Å². The number of carbonyl (C=O) groups is 2. The van der Waals surface area contributed by atoms with Crippen LogP contribution >= 0.6 is 0 Å². The highest BCUT2D eigenvalue weighted by molar-refractivity contribution is 5.96. The molecule has 3 amide bonds. The molecule has 2 N–H and O–H groups in total. The molecule has 8 heteroatoms. The summed E-state index contributed by atoms with van der Waals surface area (Å²) in [5.41, 5.74) is 2.11. The summed E-state index contributed by atoms with van der Waals surface area (Å²) in [4.78, 5) is 26.4. The van der Waals surface area contributed by atoms with Crippen molar-refractivity contribution in [2.75, 3.05) is 12.4 Å². The summed E-state index contributed by atoms with van der Waals surface area (Å²) in [6.07, 6.45) is 2.89. The number of aromatic nitrogens is 3. The summed E-state index contributed by atoms with van der Waals surface area (Å²) in [7, 11) is 1.73. The lowest BCUT2D eigenvalue weighted by atomic mass is 10.1. The minimum Gasteiger partial charge on any atom is -0.350 e. The summed E-state index contributed by atoms with van der Waals surface area (Å²) in [6, 6.07) is 5.18. The third kappa shape index (κ3) is 4.32. The van der Waals surface area contributed by atoms with Crippen LogP contribution < -0.4 is 10.6 Å². The van der Waals surface area contributed by atoms with Gasteiger partial charge in [0.1, 0.15) is 5.82 Å². The average Bonchev–Trinajstić information content (AvgIpc) is 3.28. The Balaban J connectivity index is 1.62. The molecule has 1 aliphatic rings. The van der Waals surface area contributed by atoms with E-state index in [2.05, 4.69) is 25.4 Å². The Hall–Kier alpha value is -2.90. The number of nitrogens with one attached hydrogen (secondary N) is 2. The number of fused-ring (bicyclic) bond motifs is 1. The van der Waals surface area contributed by atoms with Gasteiger partial charge in [0.25, 0.3) is 5.91 Å². The fourth-order valence-electron chi connectivity index (χ4n) is 3.18. The number of carbonyl (C=O) groups excluding carboxylic acids is 2. The van der Waals surface area contributed by atoms with E-state index in [4.69, 9.17) is 0 Å². The number of urea groups is 1. The van der Waals surface area contributed by atoms with Crippen molar-refractivity contribution in [2.45, 2.75) is 59.2 Å². The van der Waals surface area contributed by atoms with Gasteiger partial charge in [0.15, 0.2) is 5.82 Å². The Labute approximate surface area is 165 Å². The molecule has 2 aromatic rings. The van der Waals surface area contributed by atoms with Gasteiger partial charge in [-0.1, -0.05) is 6.92 Å². The quantitative estimate of drug-likeness (QED) is 0.801. The van der Waals surface area contributed by atoms with E-state index in [1.807, 2.05) is 20.8 Å². The number of hydrogen-bond acceptors (Lipinski definition) is 4. The number of anilines is 1. The van der Waals surface area contributed by atoms with Gasteiger partial charge in [0.2, 0.25) is 0 Å². The van der Waals surface area contributed by atoms with Crippen molar-refractivity contribution >= 4 is 17.6 Å². The second kappa shape index (κ2) is 8.41. The Bertz CT molecular complexity index is 876. The number of nitrogens with zero attached hydrogens (tertiary/aromatic N) is 4. The van der Waals surface area contributed by atoms with Gasteiger partial charge in [-0.3, -0.25) is 4.79 Å². The van der Waals surface area contributed by atoms with Crippen molar-refractivity contribution in [1.82, 2.24) is 25.0 Å². The van der Waals surface area contributed by atoms with Crippen LogP contribution in [0.15, 0.2) is 18.2 Å². The molecule has 1 aromatic heterocycles. The zero-order valence-corrected chi connectivity index (χ0v) is 17.0. The molecule has 2 heterocycles. The molecule has 3 rings (SSSR count). The van der Waals surface area contributed by atoms with E-state index in [0.29, 0.717) is 17.8 Å². The third-order valence-electron chi connectivity index (χ3n) is 5.13. The van der Waals surface area contributed by atoms with Crippen LogP contribution in [0, 0.1) is 6.92 Å². The largest absolute Gasteiger partial charge is 0.350 e. The highest BCUT2D eigenvalue weighted by Crippen LogP contribution is 2.19. The Morgan fingerprint density at radius 1 is 1.32 bits per heavy atom. The zero-order valence-electron chi connectivity index (χ0n) is 17.0. The third-order valence-corrected chi connectivity index (χ3v) is 5.13. The lowest BCUT2D eigenvalue weighted by Gasteiger charge is -2.19. The molecule has 1 atom stereocenters. The van der Waals surface area contributed by atoms with Crippen LogP contribution in [0.4, 0.5) is 10.5 Å². The maximum absolute atomic E-state index is 12.6. The van der Waals surface area contributed by atoms with Crippen LogP contribution in [-0.2, 0) is 19.5 Å². The van der Waals surface area contributed by atoms with Crippen LogP contribution in [0.2, 0.25) is 0 Å². The molecule has 0 saturated carbocycles. The minimum atomic E-state index is -0.227. The fourth-order valence-corrected chi connectivity index (χ4v) is 3.18. The van der Waals surface area contributed by atoms with E-state index in [0.717, 1.165) is 43.0 Å². The molecule has 8 nitrogen and oxygen atoms in total. The standard InChI is InChI=1S/C20H28N6O2/c1-5-14(3)21-19(27)15-8-9-16(13(2)11-15)22-20(28)25(4)12-18-24-23-17-7-6-10-26(17)18/h8-9,11,14H,5-7,10,12H2,1-4H3,(H,21,27)(H,22,28). The lowest BCUT2D eigenvalue weighted by Crippen LogP contribution is -2.33. The molecule has 28 heavy (non-hydrogen) atoms. The number of aryl methyl sites for hydroxylation is 2. The molecule has 1 aromatic carbocycles. The van der Waals surface area contributed by atoms with E-state index < -0.39 is 0 Å². The monoisotopic (exact) mass is 384 g/mol. The Morgan fingerprint density at radius 3 is 2.82 bits per heavy atom. The van der Waals surface area contributed by atoms with Crippen molar-refractivity contribution in [3.63, 3.8) is 0 Å². The molecule has 1 aliphatic heterocycles. The average molecular weight is 384 g/mol. The van der Waals surface area contributed by atoms with Crippen molar-refractivity contribution in [3.05, 3.63) is 41.0 Å². The SMILES string of the molecule is CCC(C)NC(=O)c1ccc(NC(=O)N(C)Cc2nnc3n2CCC3)c(C)c1. The second-order valence-electron chi connectivity index (χ2n) is 7.39. The molecule has 0 spiro atoms. The van der Waals surface area contributed by atoms with E-state index >= 15 is 0 Å². The Kier molecular flexibility index (Phi) is 5.96. The first-order chi connectivity index (χ1) is 13.4. The zero-order chi connectivity index (χ0) is 20.3. The molecular weight excluding hydrogens is 356 g/mol. The van der Waals surface area contributed by atoms with Crippen molar-refractivity contribution in [2.24, 2.45) is 0 Å². The number of benzene rings is 1. The predicted molar refractivity (Wildman–Crippen MR) is 107 cm³/mol. The summed E-state index contributed by atoms with van der Waals surface area (Å²) in [5, 5.41) is 14.2. The highest BCUT2D eigenvalue weighted by atomic mass is 16.2. The van der Waals surface area contributed by atoms with Gasteiger partial charge < -0.3 is 20.1 Å². The fraction of sp³-hybridized carbons (Fsp3) is 0.500. The molecule has 0 fully saturated rings. The van der Waals surface area contributed by atoms with Crippen molar-refractivity contribution < 1.29 is 9.59 Å². The minimum absolute atomic E-state index is 0.104. The van der Waals surface area contributed by atoms with Gasteiger partial charge in [-0.15, -0.1) is 10.2 Å². The molecule has 0 bridgehead atoms. The van der Waals surface area contributed by atoms with Crippen LogP contribution in [0.25, 0.3) is 0 Å². The van der Waals surface area contributed by atoms with Gasteiger partial charge >= 0.3 is 6.03 Å². The highest BCUT2D eigenvalue weighted by Gasteiger charge is 2.20. The molecular formula is C20H28N6O2. The van der Waals surface area contributed by atoms with Crippen LogP contribution in [-0.4, -0.2) is 44.7 Å². The van der Waals surface area contributed by atoms with Crippen LogP contribution in [0.5, 0.6) is 0 Å². The second-order valence-corrected chi connectivity index (χ2v) is 7.39. The number of rotatable bonds is 6. The first-order valence-corrected chi connectivity index (χ1v) is 9.73. The summed E-state index contributed by atoms with van der Waals surface area (Å²) in [6.45, 7) is 7.18. The first kappa shape index (κ1) is 19.9. The van der Waals surface area contributed by atoms with E-state index in [1.54, 1.807) is 30.1 Å². The van der Waals surface area contributed by atoms with Crippen LogP contribution in [0.3, 0.4) is 0 Å². The van der Waals surface area contributed by atoms with Crippen molar-refractivity contribution in [1.29, 1.82) is 0 Å². The Morgan fingerprint density at radius 2 is 2.11 bits per heavy atom. The topological polar surface area (TPSA) is 92.2 Å². The van der Waals surface area contributed by atoms with E-state index in [-0.39, 0.29) is 18.0 Å². The molecule has 0 aliphatic carbocycles. The molecule has 1 unspecified atom stereocenters. The van der Waals surface area contributed by atoms with Crippen molar-refractivity contribution in [3.8, 4) is 0 Å². The maximum Gasteiger partial charge on any atom is 0.321 e. The van der Waals surface area contributed by atoms with Crippen LogP contribution in [0.1, 0.15) is 54.3 Å². The maximum atomic E-state index is 12.6. The van der Waals surface area contributed by atoms with E-state index in [1.165, 1.54) is 0 Å². The summed E-state index contributed by atoms with van der Waals surface area (Å²) in [5.74, 6) is 1.69.